The fourth-order valence-electron chi connectivity index (χ4n) is 9.01. The molecule has 4 nitrogen and oxygen atoms in total. The summed E-state index contributed by atoms with van der Waals surface area (Å²) in [5.41, 5.74) is 14.3. The van der Waals surface area contributed by atoms with Gasteiger partial charge in [-0.1, -0.05) is 152 Å². The first-order chi connectivity index (χ1) is 28.3. The molecule has 12 aromatic rings. The van der Waals surface area contributed by atoms with Gasteiger partial charge < -0.3 is 13.6 Å². The van der Waals surface area contributed by atoms with Gasteiger partial charge in [-0.15, -0.1) is 0 Å². The number of aromatic nitrogens is 3. The van der Waals surface area contributed by atoms with E-state index in [2.05, 4.69) is 209 Å². The molecule has 0 aliphatic carbocycles. The predicted octanol–water partition coefficient (Wildman–Crippen LogP) is 14.2. The largest absolute Gasteiger partial charge is 0.454 e. The lowest BCUT2D eigenvalue weighted by molar-refractivity contribution is 0.666. The second kappa shape index (κ2) is 12.4. The molecule has 0 bridgehead atoms. The molecule has 0 unspecified atom stereocenters. The zero-order valence-electron chi connectivity index (χ0n) is 30.8. The normalized spacial score (nSPS) is 11.9. The summed E-state index contributed by atoms with van der Waals surface area (Å²) in [4.78, 5) is 5.32. The van der Waals surface area contributed by atoms with Crippen LogP contribution in [-0.4, -0.2) is 14.1 Å². The summed E-state index contributed by atoms with van der Waals surface area (Å²) in [6, 6.07) is 71.3. The number of benzene rings is 8. The summed E-state index contributed by atoms with van der Waals surface area (Å²) in [7, 11) is 0. The molecule has 266 valence electrons. The molecule has 8 aromatic carbocycles. The molecule has 0 atom stereocenters. The Hall–Kier alpha value is -7.69. The minimum absolute atomic E-state index is 0.837. The van der Waals surface area contributed by atoms with Crippen LogP contribution in [0.3, 0.4) is 0 Å². The van der Waals surface area contributed by atoms with Crippen LogP contribution in [0.4, 0.5) is 0 Å². The van der Waals surface area contributed by atoms with Crippen LogP contribution in [0, 0.1) is 0 Å². The fraction of sp³-hybridized carbons (Fsp3) is 0. The lowest BCUT2D eigenvalue weighted by Gasteiger charge is -2.22. The maximum absolute atomic E-state index is 7.10. The van der Waals surface area contributed by atoms with Crippen molar-refractivity contribution in [3.63, 3.8) is 0 Å². The Balaban J connectivity index is 1.34. The lowest BCUT2D eigenvalue weighted by Crippen LogP contribution is -2.07. The van der Waals surface area contributed by atoms with Gasteiger partial charge in [0.2, 0.25) is 0 Å². The Bertz CT molecular complexity index is 3350. The van der Waals surface area contributed by atoms with Crippen LogP contribution in [0.5, 0.6) is 0 Å². The third-order valence-corrected chi connectivity index (χ3v) is 11.5. The van der Waals surface area contributed by atoms with Crippen LogP contribution in [0.1, 0.15) is 0 Å². The van der Waals surface area contributed by atoms with Crippen molar-refractivity contribution in [2.75, 3.05) is 0 Å². The standard InChI is InChI=1S/C53H33N3O/c1-3-17-34(18-4-1)44-31-36(32-45(54-44)35-19-5-2-6-20-35)42-33-43-41-25-11-16-30-50(41)57-53(43)52(56-48-28-14-9-23-39(48)40-24-10-15-29-49(40)56)51(42)55-46-26-12-7-21-37(46)38-22-8-13-27-47(38)55/h1-33H. The van der Waals surface area contributed by atoms with Crippen molar-refractivity contribution >= 4 is 65.6 Å². The van der Waals surface area contributed by atoms with Gasteiger partial charge in [0.25, 0.3) is 0 Å². The average Bonchev–Trinajstić information content (AvgIpc) is 3.94. The SMILES string of the molecule is c1ccc(-c2cc(-c3cc4c(oc5ccccc54)c(-n4c5ccccc5c5ccccc54)c3-n3c4ccccc4c4ccccc43)cc(-c3ccccc3)n2)cc1. The Morgan fingerprint density at radius 2 is 0.737 bits per heavy atom. The number of nitrogens with zero attached hydrogens (tertiary/aromatic N) is 3. The fourth-order valence-corrected chi connectivity index (χ4v) is 9.01. The number of para-hydroxylation sites is 5. The minimum Gasteiger partial charge on any atom is -0.454 e. The molecule has 0 aliphatic heterocycles. The highest BCUT2D eigenvalue weighted by Gasteiger charge is 2.28. The van der Waals surface area contributed by atoms with E-state index in [4.69, 9.17) is 9.40 Å². The molecular formula is C53H33N3O. The van der Waals surface area contributed by atoms with Crippen LogP contribution >= 0.6 is 0 Å². The van der Waals surface area contributed by atoms with Gasteiger partial charge in [-0.05, 0) is 54.1 Å². The molecule has 0 fully saturated rings. The summed E-state index contributed by atoms with van der Waals surface area (Å²) in [5.74, 6) is 0. The number of hydrogen-bond donors (Lipinski definition) is 0. The third kappa shape index (κ3) is 4.77. The monoisotopic (exact) mass is 727 g/mol. The number of furan rings is 1. The van der Waals surface area contributed by atoms with Crippen LogP contribution < -0.4 is 0 Å². The summed E-state index contributed by atoms with van der Waals surface area (Å²) in [6.45, 7) is 0. The number of fused-ring (bicyclic) bond motifs is 9. The molecule has 0 saturated heterocycles. The van der Waals surface area contributed by atoms with Crippen LogP contribution in [-0.2, 0) is 0 Å². The summed E-state index contributed by atoms with van der Waals surface area (Å²) in [6.07, 6.45) is 0. The second-order valence-corrected chi connectivity index (χ2v) is 14.7. The predicted molar refractivity (Wildman–Crippen MR) is 237 cm³/mol. The summed E-state index contributed by atoms with van der Waals surface area (Å²) < 4.78 is 12.0. The molecule has 0 aliphatic rings. The van der Waals surface area contributed by atoms with Crippen molar-refractivity contribution in [2.24, 2.45) is 0 Å². The van der Waals surface area contributed by atoms with E-state index in [0.29, 0.717) is 0 Å². The van der Waals surface area contributed by atoms with Crippen LogP contribution in [0.15, 0.2) is 205 Å². The van der Waals surface area contributed by atoms with Gasteiger partial charge in [0.05, 0.1) is 39.1 Å². The lowest BCUT2D eigenvalue weighted by atomic mass is 9.95. The maximum Gasteiger partial charge on any atom is 0.161 e. The summed E-state index contributed by atoms with van der Waals surface area (Å²) >= 11 is 0. The van der Waals surface area contributed by atoms with Gasteiger partial charge >= 0.3 is 0 Å². The smallest absolute Gasteiger partial charge is 0.161 e. The van der Waals surface area contributed by atoms with Crippen molar-refractivity contribution in [3.8, 4) is 45.0 Å². The van der Waals surface area contributed by atoms with Crippen LogP contribution in [0.25, 0.3) is 111 Å². The first kappa shape index (κ1) is 31.6. The molecule has 0 N–H and O–H groups in total. The Morgan fingerprint density at radius 3 is 1.23 bits per heavy atom. The van der Waals surface area contributed by atoms with E-state index >= 15 is 0 Å². The van der Waals surface area contributed by atoms with Gasteiger partial charge in [-0.2, -0.15) is 0 Å². The molecule has 0 saturated carbocycles. The molecule has 4 aromatic heterocycles. The average molecular weight is 728 g/mol. The van der Waals surface area contributed by atoms with E-state index in [1.165, 1.54) is 21.5 Å². The Labute approximate surface area is 328 Å². The quantitative estimate of drug-likeness (QED) is 0.177. The van der Waals surface area contributed by atoms with Crippen molar-refractivity contribution < 1.29 is 4.42 Å². The van der Waals surface area contributed by atoms with Crippen molar-refractivity contribution in [2.45, 2.75) is 0 Å². The molecule has 0 radical (unpaired) electrons. The molecule has 0 amide bonds. The Morgan fingerprint density at radius 1 is 0.333 bits per heavy atom. The van der Waals surface area contributed by atoms with Gasteiger partial charge in [0, 0.05) is 49.0 Å². The maximum atomic E-state index is 7.10. The zero-order chi connectivity index (χ0) is 37.5. The molecule has 12 rings (SSSR count). The van der Waals surface area contributed by atoms with Crippen LogP contribution in [0.2, 0.25) is 0 Å². The van der Waals surface area contributed by atoms with E-state index in [-0.39, 0.29) is 0 Å². The van der Waals surface area contributed by atoms with E-state index in [1.807, 2.05) is 0 Å². The van der Waals surface area contributed by atoms with Crippen molar-refractivity contribution in [1.29, 1.82) is 0 Å². The van der Waals surface area contributed by atoms with Gasteiger partial charge in [-0.3, -0.25) is 0 Å². The number of rotatable bonds is 5. The molecule has 4 heterocycles. The topological polar surface area (TPSA) is 35.9 Å². The zero-order valence-corrected chi connectivity index (χ0v) is 30.8. The van der Waals surface area contributed by atoms with Gasteiger partial charge in [0.15, 0.2) is 5.58 Å². The second-order valence-electron chi connectivity index (χ2n) is 14.7. The first-order valence-corrected chi connectivity index (χ1v) is 19.4. The first-order valence-electron chi connectivity index (χ1n) is 19.4. The van der Waals surface area contributed by atoms with Gasteiger partial charge in [-0.25, -0.2) is 4.98 Å². The molecule has 57 heavy (non-hydrogen) atoms. The highest BCUT2D eigenvalue weighted by molar-refractivity contribution is 6.17. The van der Waals surface area contributed by atoms with Gasteiger partial charge in [0.1, 0.15) is 11.3 Å². The molecule has 4 heteroatoms. The molecular weight excluding hydrogens is 695 g/mol. The van der Waals surface area contributed by atoms with E-state index in [9.17, 15) is 0 Å². The van der Waals surface area contributed by atoms with Crippen molar-refractivity contribution in [3.05, 3.63) is 200 Å². The van der Waals surface area contributed by atoms with E-state index in [1.54, 1.807) is 0 Å². The number of hydrogen-bond acceptors (Lipinski definition) is 2. The minimum atomic E-state index is 0.837. The number of pyridine rings is 1. The van der Waals surface area contributed by atoms with E-state index in [0.717, 1.165) is 89.0 Å². The third-order valence-electron chi connectivity index (χ3n) is 11.5. The molecule has 0 spiro atoms. The summed E-state index contributed by atoms with van der Waals surface area (Å²) in [5, 5.41) is 6.91. The Kier molecular flexibility index (Phi) is 6.89. The van der Waals surface area contributed by atoms with E-state index < -0.39 is 0 Å². The van der Waals surface area contributed by atoms with Crippen molar-refractivity contribution in [1.82, 2.24) is 14.1 Å². The highest BCUT2D eigenvalue weighted by Crippen LogP contribution is 2.48. The highest BCUT2D eigenvalue weighted by atomic mass is 16.3.